The van der Waals surface area contributed by atoms with Crippen molar-refractivity contribution >= 4 is 11.9 Å². The number of carboxylic acid groups (broad SMARTS) is 1. The monoisotopic (exact) mass is 294 g/mol. The molecule has 0 saturated heterocycles. The Hall–Kier alpha value is -2.04. The standard InChI is InChI=1S/C16H22O5/c1-4-11(2)21-16(19)14(9-10-15(17)18)12-5-7-13(20-3)8-6-12/h5-8,11,14H,4,9-10H2,1-3H3,(H,17,18). The van der Waals surface area contributed by atoms with E-state index in [4.69, 9.17) is 14.6 Å². The topological polar surface area (TPSA) is 72.8 Å². The molecule has 0 fully saturated rings. The van der Waals surface area contributed by atoms with Crippen LogP contribution in [0.1, 0.15) is 44.6 Å². The molecule has 1 aromatic rings. The van der Waals surface area contributed by atoms with E-state index in [1.807, 2.05) is 13.8 Å². The van der Waals surface area contributed by atoms with Crippen LogP contribution >= 0.6 is 0 Å². The van der Waals surface area contributed by atoms with Crippen LogP contribution in [0.5, 0.6) is 5.75 Å². The molecule has 116 valence electrons. The first-order valence-electron chi connectivity index (χ1n) is 7.04. The Bertz CT molecular complexity index is 466. The van der Waals surface area contributed by atoms with E-state index < -0.39 is 11.9 Å². The van der Waals surface area contributed by atoms with Crippen LogP contribution in [0.4, 0.5) is 0 Å². The average Bonchev–Trinajstić information content (AvgIpc) is 2.47. The maximum atomic E-state index is 12.2. The summed E-state index contributed by atoms with van der Waals surface area (Å²) in [7, 11) is 1.56. The van der Waals surface area contributed by atoms with Crippen LogP contribution in [0.2, 0.25) is 0 Å². The number of methoxy groups -OCH3 is 1. The molecule has 21 heavy (non-hydrogen) atoms. The van der Waals surface area contributed by atoms with Crippen molar-refractivity contribution in [3.8, 4) is 5.75 Å². The average molecular weight is 294 g/mol. The fraction of sp³-hybridized carbons (Fsp3) is 0.500. The number of carbonyl (C=O) groups excluding carboxylic acids is 1. The van der Waals surface area contributed by atoms with Crippen LogP contribution in [0.15, 0.2) is 24.3 Å². The lowest BCUT2D eigenvalue weighted by Crippen LogP contribution is -2.21. The summed E-state index contributed by atoms with van der Waals surface area (Å²) in [6, 6.07) is 7.03. The molecule has 0 aliphatic carbocycles. The highest BCUT2D eigenvalue weighted by Gasteiger charge is 2.24. The van der Waals surface area contributed by atoms with Crippen molar-refractivity contribution in [1.82, 2.24) is 0 Å². The number of carboxylic acids is 1. The third-order valence-electron chi connectivity index (χ3n) is 3.34. The van der Waals surface area contributed by atoms with Crippen LogP contribution in [-0.2, 0) is 14.3 Å². The van der Waals surface area contributed by atoms with E-state index in [2.05, 4.69) is 0 Å². The summed E-state index contributed by atoms with van der Waals surface area (Å²) >= 11 is 0. The van der Waals surface area contributed by atoms with Gasteiger partial charge in [-0.1, -0.05) is 19.1 Å². The van der Waals surface area contributed by atoms with E-state index >= 15 is 0 Å². The number of carbonyl (C=O) groups is 2. The summed E-state index contributed by atoms with van der Waals surface area (Å²) in [6.07, 6.45) is 0.687. The van der Waals surface area contributed by atoms with Gasteiger partial charge in [0.15, 0.2) is 0 Å². The number of esters is 1. The summed E-state index contributed by atoms with van der Waals surface area (Å²) in [4.78, 5) is 23.0. The molecule has 1 N–H and O–H groups in total. The molecule has 0 aromatic heterocycles. The van der Waals surface area contributed by atoms with Crippen LogP contribution in [0.25, 0.3) is 0 Å². The van der Waals surface area contributed by atoms with Gasteiger partial charge in [0.05, 0.1) is 19.1 Å². The second-order valence-corrected chi connectivity index (χ2v) is 4.91. The minimum atomic E-state index is -0.926. The maximum Gasteiger partial charge on any atom is 0.313 e. The van der Waals surface area contributed by atoms with Gasteiger partial charge in [-0.15, -0.1) is 0 Å². The van der Waals surface area contributed by atoms with Crippen molar-refractivity contribution in [2.24, 2.45) is 0 Å². The zero-order valence-electron chi connectivity index (χ0n) is 12.7. The number of rotatable bonds is 8. The first-order valence-corrected chi connectivity index (χ1v) is 7.04. The lowest BCUT2D eigenvalue weighted by Gasteiger charge is -2.19. The van der Waals surface area contributed by atoms with Crippen LogP contribution in [0, 0.1) is 0 Å². The van der Waals surface area contributed by atoms with Gasteiger partial charge in [0.1, 0.15) is 5.75 Å². The number of ether oxygens (including phenoxy) is 2. The molecule has 5 nitrogen and oxygen atoms in total. The molecule has 0 spiro atoms. The molecular formula is C16H22O5. The maximum absolute atomic E-state index is 12.2. The molecule has 0 radical (unpaired) electrons. The first-order chi connectivity index (χ1) is 9.97. The fourth-order valence-corrected chi connectivity index (χ4v) is 1.89. The SMILES string of the molecule is CCC(C)OC(=O)C(CCC(=O)O)c1ccc(OC)cc1. The molecule has 0 heterocycles. The summed E-state index contributed by atoms with van der Waals surface area (Å²) in [5, 5.41) is 8.83. The van der Waals surface area contributed by atoms with Crippen LogP contribution < -0.4 is 4.74 Å². The van der Waals surface area contributed by atoms with Crippen molar-refractivity contribution in [2.45, 2.75) is 45.1 Å². The van der Waals surface area contributed by atoms with E-state index in [0.717, 1.165) is 12.0 Å². The summed E-state index contributed by atoms with van der Waals surface area (Å²) in [5.74, 6) is -1.19. The number of aliphatic carboxylic acids is 1. The molecule has 2 unspecified atom stereocenters. The Kier molecular flexibility index (Phi) is 6.72. The number of hydrogen-bond acceptors (Lipinski definition) is 4. The van der Waals surface area contributed by atoms with Crippen LogP contribution in [-0.4, -0.2) is 30.3 Å². The Labute approximate surface area is 124 Å². The van der Waals surface area contributed by atoms with Crippen molar-refractivity contribution < 1.29 is 24.2 Å². The second-order valence-electron chi connectivity index (χ2n) is 4.91. The summed E-state index contributed by atoms with van der Waals surface area (Å²) in [6.45, 7) is 3.75. The van der Waals surface area contributed by atoms with Gasteiger partial charge in [0.25, 0.3) is 0 Å². The summed E-state index contributed by atoms with van der Waals surface area (Å²) < 4.78 is 10.4. The van der Waals surface area contributed by atoms with Gasteiger partial charge in [-0.3, -0.25) is 9.59 Å². The highest BCUT2D eigenvalue weighted by Crippen LogP contribution is 2.26. The molecular weight excluding hydrogens is 272 g/mol. The molecule has 0 aliphatic rings. The second kappa shape index (κ2) is 8.29. The van der Waals surface area contributed by atoms with Crippen molar-refractivity contribution in [1.29, 1.82) is 0 Å². The van der Waals surface area contributed by atoms with Gasteiger partial charge < -0.3 is 14.6 Å². The number of hydrogen-bond donors (Lipinski definition) is 1. The van der Waals surface area contributed by atoms with E-state index in [9.17, 15) is 9.59 Å². The Morgan fingerprint density at radius 2 is 1.86 bits per heavy atom. The normalized spacial score (nSPS) is 13.3. The Balaban J connectivity index is 2.88. The minimum Gasteiger partial charge on any atom is -0.497 e. The third-order valence-corrected chi connectivity index (χ3v) is 3.34. The molecule has 0 aliphatic heterocycles. The van der Waals surface area contributed by atoms with Crippen molar-refractivity contribution in [3.05, 3.63) is 29.8 Å². The molecule has 0 amide bonds. The fourth-order valence-electron chi connectivity index (χ4n) is 1.89. The molecule has 0 bridgehead atoms. The molecule has 5 heteroatoms. The van der Waals surface area contributed by atoms with Gasteiger partial charge in [0.2, 0.25) is 0 Å². The van der Waals surface area contributed by atoms with E-state index in [1.54, 1.807) is 31.4 Å². The van der Waals surface area contributed by atoms with Crippen LogP contribution in [0.3, 0.4) is 0 Å². The smallest absolute Gasteiger partial charge is 0.313 e. The zero-order chi connectivity index (χ0) is 15.8. The Morgan fingerprint density at radius 3 is 2.33 bits per heavy atom. The lowest BCUT2D eigenvalue weighted by atomic mass is 9.94. The number of benzene rings is 1. The van der Waals surface area contributed by atoms with Gasteiger partial charge in [-0.25, -0.2) is 0 Å². The third kappa shape index (κ3) is 5.45. The zero-order valence-corrected chi connectivity index (χ0v) is 12.7. The van der Waals surface area contributed by atoms with E-state index in [0.29, 0.717) is 5.75 Å². The molecule has 1 rings (SSSR count). The highest BCUT2D eigenvalue weighted by molar-refractivity contribution is 5.79. The Morgan fingerprint density at radius 1 is 1.24 bits per heavy atom. The van der Waals surface area contributed by atoms with Crippen molar-refractivity contribution in [2.75, 3.05) is 7.11 Å². The van der Waals surface area contributed by atoms with Gasteiger partial charge in [-0.2, -0.15) is 0 Å². The predicted octanol–water partition coefficient (Wildman–Crippen LogP) is 2.99. The lowest BCUT2D eigenvalue weighted by molar-refractivity contribution is -0.150. The predicted molar refractivity (Wildman–Crippen MR) is 78.4 cm³/mol. The van der Waals surface area contributed by atoms with E-state index in [-0.39, 0.29) is 24.9 Å². The highest BCUT2D eigenvalue weighted by atomic mass is 16.5. The van der Waals surface area contributed by atoms with Gasteiger partial charge in [0, 0.05) is 6.42 Å². The molecule has 2 atom stereocenters. The summed E-state index contributed by atoms with van der Waals surface area (Å²) in [5.41, 5.74) is 0.741. The largest absolute Gasteiger partial charge is 0.497 e. The quantitative estimate of drug-likeness (QED) is 0.746. The van der Waals surface area contributed by atoms with Crippen molar-refractivity contribution in [3.63, 3.8) is 0 Å². The molecule has 1 aromatic carbocycles. The van der Waals surface area contributed by atoms with Gasteiger partial charge in [-0.05, 0) is 37.5 Å². The minimum absolute atomic E-state index is 0.0771. The first kappa shape index (κ1) is 17.0. The van der Waals surface area contributed by atoms with Gasteiger partial charge >= 0.3 is 11.9 Å². The van der Waals surface area contributed by atoms with E-state index in [1.165, 1.54) is 0 Å². The molecule has 0 saturated carbocycles.